The molecule has 204 valence electrons. The van der Waals surface area contributed by atoms with Crippen LogP contribution in [0.3, 0.4) is 0 Å². The smallest absolute Gasteiger partial charge is 0.329 e. The van der Waals surface area contributed by atoms with Gasteiger partial charge in [0.05, 0.1) is 13.2 Å². The number of benzene rings is 2. The Morgan fingerprint density at radius 1 is 0.865 bits per heavy atom. The van der Waals surface area contributed by atoms with Gasteiger partial charge in [-0.15, -0.1) is 0 Å². The summed E-state index contributed by atoms with van der Waals surface area (Å²) in [7, 11) is 0. The van der Waals surface area contributed by atoms with Gasteiger partial charge in [-0.05, 0) is 36.6 Å². The van der Waals surface area contributed by atoms with Gasteiger partial charge in [0, 0.05) is 0 Å². The summed E-state index contributed by atoms with van der Waals surface area (Å²) in [5.74, 6) is 1.57. The van der Waals surface area contributed by atoms with Crippen LogP contribution in [0.1, 0.15) is 46.0 Å². The van der Waals surface area contributed by atoms with Crippen molar-refractivity contribution in [3.05, 3.63) is 48.5 Å². The molecule has 0 fully saturated rings. The van der Waals surface area contributed by atoms with E-state index in [1.54, 1.807) is 0 Å². The Balaban J connectivity index is 1.94. The zero-order valence-electron chi connectivity index (χ0n) is 22.0. The number of hydrogen-bond acceptors (Lipinski definition) is 7. The molecule has 1 unspecified atom stereocenters. The summed E-state index contributed by atoms with van der Waals surface area (Å²) in [6, 6.07) is 14.8. The number of rotatable bonds is 9. The Kier molecular flexibility index (Phi) is 11.8. The minimum atomic E-state index is -1.04. The molecule has 0 aromatic heterocycles. The van der Waals surface area contributed by atoms with E-state index in [2.05, 4.69) is 13.8 Å². The summed E-state index contributed by atoms with van der Waals surface area (Å²) in [6.07, 6.45) is 4.73. The number of ether oxygens (including phenoxy) is 6. The van der Waals surface area contributed by atoms with Gasteiger partial charge < -0.3 is 33.5 Å². The van der Waals surface area contributed by atoms with Crippen LogP contribution in [0.15, 0.2) is 48.5 Å². The molecule has 8 nitrogen and oxygen atoms in total. The van der Waals surface area contributed by atoms with Crippen molar-refractivity contribution in [1.82, 2.24) is 0 Å². The van der Waals surface area contributed by atoms with Crippen molar-refractivity contribution in [3.63, 3.8) is 0 Å². The molecule has 0 saturated heterocycles. The van der Waals surface area contributed by atoms with Gasteiger partial charge in [-0.3, -0.25) is 0 Å². The van der Waals surface area contributed by atoms with Crippen LogP contribution in [-0.4, -0.2) is 62.9 Å². The summed E-state index contributed by atoms with van der Waals surface area (Å²) >= 11 is 0. The van der Waals surface area contributed by atoms with Crippen LogP contribution in [0.4, 0.5) is 0 Å². The zero-order valence-corrected chi connectivity index (χ0v) is 22.0. The first kappa shape index (κ1) is 28.6. The summed E-state index contributed by atoms with van der Waals surface area (Å²) in [4.78, 5) is 11.6. The summed E-state index contributed by atoms with van der Waals surface area (Å²) in [5, 5.41) is 9.48. The highest BCUT2D eigenvalue weighted by Crippen LogP contribution is 2.34. The molecular weight excluding hydrogens is 476 g/mol. The minimum Gasteiger partial charge on any atom is -0.487 e. The van der Waals surface area contributed by atoms with Crippen molar-refractivity contribution in [3.8, 4) is 23.0 Å². The molecule has 0 aliphatic carbocycles. The Morgan fingerprint density at radius 3 is 1.84 bits per heavy atom. The molecular formula is C29H40O8. The van der Waals surface area contributed by atoms with Gasteiger partial charge in [-0.2, -0.15) is 0 Å². The average molecular weight is 517 g/mol. The number of fused-ring (bicyclic) bond motifs is 2. The monoisotopic (exact) mass is 516 g/mol. The largest absolute Gasteiger partial charge is 0.487 e. The molecule has 1 atom stereocenters. The Hall–Kier alpha value is -2.97. The first-order valence-corrected chi connectivity index (χ1v) is 13.2. The maximum Gasteiger partial charge on any atom is 0.329 e. The predicted octanol–water partition coefficient (Wildman–Crippen LogP) is 5.38. The number of carboxylic acids is 1. The number of para-hydroxylation sites is 4. The molecule has 0 saturated carbocycles. The van der Waals surface area contributed by atoms with Crippen molar-refractivity contribution < 1.29 is 38.3 Å². The van der Waals surface area contributed by atoms with Crippen molar-refractivity contribution in [1.29, 1.82) is 0 Å². The molecule has 0 radical (unpaired) electrons. The molecule has 0 bridgehead atoms. The van der Waals surface area contributed by atoms with Crippen molar-refractivity contribution >= 4 is 5.97 Å². The number of carboxylic acid groups (broad SMARTS) is 1. The highest BCUT2D eigenvalue weighted by Gasteiger charge is 2.37. The molecule has 2 aromatic carbocycles. The number of unbranched alkanes of at least 4 members (excludes halogenated alkanes) is 1. The maximum absolute atomic E-state index is 11.6. The Morgan fingerprint density at radius 2 is 1.38 bits per heavy atom. The fourth-order valence-corrected chi connectivity index (χ4v) is 4.31. The molecule has 0 spiro atoms. The summed E-state index contributed by atoms with van der Waals surface area (Å²) in [5.41, 5.74) is -1.01. The highest BCUT2D eigenvalue weighted by molar-refractivity contribution is 5.68. The number of hydrogen-bond donors (Lipinski definition) is 1. The van der Waals surface area contributed by atoms with E-state index in [0.29, 0.717) is 61.8 Å². The van der Waals surface area contributed by atoms with E-state index in [4.69, 9.17) is 28.4 Å². The van der Waals surface area contributed by atoms with Crippen LogP contribution in [-0.2, 0) is 14.3 Å². The van der Waals surface area contributed by atoms with Crippen LogP contribution in [0.5, 0.6) is 23.0 Å². The normalized spacial score (nSPS) is 17.0. The minimum absolute atomic E-state index is 0.100. The average Bonchev–Trinajstić information content (AvgIpc) is 2.91. The zero-order chi connectivity index (χ0) is 26.3. The van der Waals surface area contributed by atoms with Crippen LogP contribution in [0.25, 0.3) is 0 Å². The third-order valence-corrected chi connectivity index (χ3v) is 6.36. The Bertz CT molecular complexity index is 892. The van der Waals surface area contributed by atoms with E-state index in [1.807, 2.05) is 48.5 Å². The SMILES string of the molecule is CCCCC(CC)CC1(OCC(=O)O)COc2ccccc2OCCOCCOc2ccccc2OC1. The molecule has 37 heavy (non-hydrogen) atoms. The van der Waals surface area contributed by atoms with E-state index >= 15 is 0 Å². The van der Waals surface area contributed by atoms with Gasteiger partial charge in [-0.1, -0.05) is 63.8 Å². The molecule has 1 aliphatic rings. The van der Waals surface area contributed by atoms with Gasteiger partial charge in [0.1, 0.15) is 38.6 Å². The fourth-order valence-electron chi connectivity index (χ4n) is 4.31. The molecule has 1 aliphatic heterocycles. The van der Waals surface area contributed by atoms with E-state index < -0.39 is 18.2 Å². The van der Waals surface area contributed by atoms with Gasteiger partial charge in [0.15, 0.2) is 23.0 Å². The number of carbonyl (C=O) groups is 1. The van der Waals surface area contributed by atoms with Crippen molar-refractivity contribution in [2.45, 2.75) is 51.6 Å². The lowest BCUT2D eigenvalue weighted by molar-refractivity contribution is -0.158. The van der Waals surface area contributed by atoms with E-state index in [1.165, 1.54) is 0 Å². The first-order chi connectivity index (χ1) is 18.0. The van der Waals surface area contributed by atoms with E-state index in [0.717, 1.165) is 25.7 Å². The van der Waals surface area contributed by atoms with Crippen LogP contribution in [0, 0.1) is 5.92 Å². The quantitative estimate of drug-likeness (QED) is 0.475. The molecule has 8 heteroatoms. The lowest BCUT2D eigenvalue weighted by Crippen LogP contribution is -2.47. The van der Waals surface area contributed by atoms with E-state index in [9.17, 15) is 9.90 Å². The first-order valence-electron chi connectivity index (χ1n) is 13.2. The molecule has 3 rings (SSSR count). The lowest BCUT2D eigenvalue weighted by atomic mass is 9.86. The molecule has 1 heterocycles. The lowest BCUT2D eigenvalue weighted by Gasteiger charge is -2.36. The molecule has 1 N–H and O–H groups in total. The highest BCUT2D eigenvalue weighted by atomic mass is 16.6. The second-order valence-electron chi connectivity index (χ2n) is 9.27. The fraction of sp³-hybridized carbons (Fsp3) is 0.552. The van der Waals surface area contributed by atoms with E-state index in [-0.39, 0.29) is 13.2 Å². The summed E-state index contributed by atoms with van der Waals surface area (Å²) in [6.45, 7) is 5.58. The van der Waals surface area contributed by atoms with Gasteiger partial charge in [0.2, 0.25) is 0 Å². The van der Waals surface area contributed by atoms with Crippen LogP contribution < -0.4 is 18.9 Å². The van der Waals surface area contributed by atoms with Gasteiger partial charge in [0.25, 0.3) is 0 Å². The third-order valence-electron chi connectivity index (χ3n) is 6.36. The van der Waals surface area contributed by atoms with Crippen LogP contribution >= 0.6 is 0 Å². The molecule has 2 aromatic rings. The molecule has 0 amide bonds. The topological polar surface area (TPSA) is 92.7 Å². The van der Waals surface area contributed by atoms with Crippen molar-refractivity contribution in [2.24, 2.45) is 5.92 Å². The van der Waals surface area contributed by atoms with Gasteiger partial charge in [-0.25, -0.2) is 4.79 Å². The second-order valence-corrected chi connectivity index (χ2v) is 9.27. The maximum atomic E-state index is 11.6. The Labute approximate surface area is 219 Å². The third kappa shape index (κ3) is 9.44. The predicted molar refractivity (Wildman–Crippen MR) is 140 cm³/mol. The summed E-state index contributed by atoms with van der Waals surface area (Å²) < 4.78 is 36.1. The standard InChI is InChI=1S/C29H40O8/c1-3-5-10-23(4-2)19-29(37-20-28(30)31)21-35-26-13-8-6-11-24(26)33-17-15-32-16-18-34-25-12-7-9-14-27(25)36-22-29/h6-9,11-14,23H,3-5,10,15-22H2,1-2H3,(H,30,31). The van der Waals surface area contributed by atoms with Gasteiger partial charge >= 0.3 is 5.97 Å². The van der Waals surface area contributed by atoms with Crippen LogP contribution in [0.2, 0.25) is 0 Å². The second kappa shape index (κ2) is 15.3. The number of aliphatic carboxylic acids is 1. The van der Waals surface area contributed by atoms with Crippen molar-refractivity contribution in [2.75, 3.05) is 46.2 Å².